The van der Waals surface area contributed by atoms with E-state index in [2.05, 4.69) is 142 Å². The zero-order valence-corrected chi connectivity index (χ0v) is 30.4. The molecule has 0 fully saturated rings. The molecule has 8 aromatic carbocycles. The third-order valence-corrected chi connectivity index (χ3v) is 11.7. The summed E-state index contributed by atoms with van der Waals surface area (Å²) in [5, 5.41) is 8.90. The van der Waals surface area contributed by atoms with Crippen LogP contribution in [0.25, 0.3) is 122 Å². The van der Waals surface area contributed by atoms with E-state index in [1.54, 1.807) is 0 Å². The van der Waals surface area contributed by atoms with Crippen molar-refractivity contribution in [2.45, 2.75) is 0 Å². The molecule has 5 aromatic heterocycles. The molecule has 6 heteroatoms. The molecule has 0 N–H and O–H groups in total. The van der Waals surface area contributed by atoms with E-state index in [1.807, 2.05) is 42.5 Å². The topological polar surface area (TPSA) is 60.6 Å². The normalized spacial score (nSPS) is 12.2. The molecule has 0 bridgehead atoms. The Bertz CT molecular complexity index is 3750. The van der Waals surface area contributed by atoms with E-state index in [4.69, 9.17) is 19.4 Å². The maximum Gasteiger partial charge on any atom is 0.164 e. The van der Waals surface area contributed by atoms with Crippen LogP contribution in [0.1, 0.15) is 0 Å². The molecule has 0 amide bonds. The van der Waals surface area contributed by atoms with Crippen LogP contribution in [-0.4, -0.2) is 23.8 Å². The maximum absolute atomic E-state index is 6.98. The van der Waals surface area contributed by atoms with Gasteiger partial charge in [0.1, 0.15) is 11.2 Å². The molecular weight excluding hydrogens is 699 g/mol. The van der Waals surface area contributed by atoms with Gasteiger partial charge in [0.15, 0.2) is 17.5 Å². The lowest BCUT2D eigenvalue weighted by molar-refractivity contribution is 0.673. The zero-order chi connectivity index (χ0) is 37.2. The van der Waals surface area contributed by atoms with Gasteiger partial charge in [-0.15, -0.1) is 0 Å². The highest BCUT2D eigenvalue weighted by molar-refractivity contribution is 6.29. The summed E-state index contributed by atoms with van der Waals surface area (Å²) in [6.45, 7) is 0. The van der Waals surface area contributed by atoms with Gasteiger partial charge in [0.25, 0.3) is 0 Å². The van der Waals surface area contributed by atoms with Crippen LogP contribution in [0.15, 0.2) is 180 Å². The van der Waals surface area contributed by atoms with Gasteiger partial charge in [-0.3, -0.25) is 0 Å². The molecule has 57 heavy (non-hydrogen) atoms. The first-order chi connectivity index (χ1) is 28.3. The lowest BCUT2D eigenvalue weighted by Crippen LogP contribution is -2.00. The minimum absolute atomic E-state index is 0.604. The number of para-hydroxylation sites is 4. The number of rotatable bonds is 3. The molecule has 0 saturated heterocycles. The van der Waals surface area contributed by atoms with Gasteiger partial charge in [-0.05, 0) is 48.5 Å². The molecule has 0 aliphatic rings. The van der Waals surface area contributed by atoms with Gasteiger partial charge in [-0.25, -0.2) is 15.0 Å². The highest BCUT2D eigenvalue weighted by Crippen LogP contribution is 2.45. The second kappa shape index (κ2) is 11.4. The molecule has 0 atom stereocenters. The fourth-order valence-electron chi connectivity index (χ4n) is 9.26. The summed E-state index contributed by atoms with van der Waals surface area (Å²) >= 11 is 0. The first-order valence-electron chi connectivity index (χ1n) is 19.2. The molecule has 0 aliphatic carbocycles. The lowest BCUT2D eigenvalue weighted by Gasteiger charge is -2.13. The molecule has 13 aromatic rings. The number of hydrogen-bond acceptors (Lipinski definition) is 4. The maximum atomic E-state index is 6.98. The molecule has 0 spiro atoms. The Kier molecular flexibility index (Phi) is 6.07. The van der Waals surface area contributed by atoms with Crippen LogP contribution in [0.3, 0.4) is 0 Å². The molecule has 0 radical (unpaired) electrons. The molecular formula is C51H29N5O. The Hall–Kier alpha value is -7.83. The van der Waals surface area contributed by atoms with Crippen molar-refractivity contribution >= 4 is 87.4 Å². The van der Waals surface area contributed by atoms with E-state index in [0.29, 0.717) is 17.5 Å². The van der Waals surface area contributed by atoms with Crippen molar-refractivity contribution in [3.05, 3.63) is 176 Å². The SMILES string of the molecule is c1ccc(-c2nc(-c3ccccc3)nc(-c3cc4c5ccccc5n5c6cccc7c8ccccc8n(c8ccc9c%10ccccc%10oc9c8c(c3)c45)c76)n2)cc1. The van der Waals surface area contributed by atoms with Gasteiger partial charge in [0, 0.05) is 54.4 Å². The van der Waals surface area contributed by atoms with Crippen molar-refractivity contribution < 1.29 is 4.42 Å². The van der Waals surface area contributed by atoms with E-state index in [-0.39, 0.29) is 0 Å². The van der Waals surface area contributed by atoms with Gasteiger partial charge in [0.2, 0.25) is 0 Å². The molecule has 13 rings (SSSR count). The van der Waals surface area contributed by atoms with Gasteiger partial charge < -0.3 is 13.2 Å². The van der Waals surface area contributed by atoms with E-state index in [1.165, 1.54) is 10.8 Å². The van der Waals surface area contributed by atoms with Crippen molar-refractivity contribution in [1.82, 2.24) is 23.8 Å². The van der Waals surface area contributed by atoms with Crippen LogP contribution in [0.5, 0.6) is 0 Å². The van der Waals surface area contributed by atoms with Crippen molar-refractivity contribution in [2.24, 2.45) is 0 Å². The third kappa shape index (κ3) is 4.21. The Labute approximate surface area is 324 Å². The highest BCUT2D eigenvalue weighted by atomic mass is 16.3. The highest BCUT2D eigenvalue weighted by Gasteiger charge is 2.23. The van der Waals surface area contributed by atoms with Crippen LogP contribution in [0.4, 0.5) is 0 Å². The largest absolute Gasteiger partial charge is 0.455 e. The summed E-state index contributed by atoms with van der Waals surface area (Å²) in [5.74, 6) is 1.85. The second-order valence-electron chi connectivity index (χ2n) is 14.8. The van der Waals surface area contributed by atoms with Crippen LogP contribution in [0.2, 0.25) is 0 Å². The summed E-state index contributed by atoms with van der Waals surface area (Å²) < 4.78 is 11.9. The Morgan fingerprint density at radius 1 is 0.333 bits per heavy atom. The summed E-state index contributed by atoms with van der Waals surface area (Å²) in [5.41, 5.74) is 11.2. The van der Waals surface area contributed by atoms with Crippen molar-refractivity contribution in [3.63, 3.8) is 0 Å². The summed E-state index contributed by atoms with van der Waals surface area (Å²) in [4.78, 5) is 15.5. The standard InChI is InChI=1S/C51H29N5O/c1-3-14-30(15-4-1)49-52-50(31-16-5-2-6-17-31)54-51(53-49)32-28-38-34-19-8-11-23-41(34)56-43-24-13-21-36-33-18-7-10-22-40(33)55(47(36)43)42-27-26-37-35-20-9-12-25-44(35)57-48(37)45(42)39(29-32)46(38)56/h1-29H. The van der Waals surface area contributed by atoms with E-state index in [9.17, 15) is 0 Å². The third-order valence-electron chi connectivity index (χ3n) is 11.7. The molecule has 0 saturated carbocycles. The smallest absolute Gasteiger partial charge is 0.164 e. The minimum atomic E-state index is 0.604. The van der Waals surface area contributed by atoms with Crippen LogP contribution in [-0.2, 0) is 0 Å². The molecule has 5 heterocycles. The number of furan rings is 1. The number of benzene rings is 8. The monoisotopic (exact) mass is 727 g/mol. The van der Waals surface area contributed by atoms with Crippen LogP contribution in [0, 0.1) is 0 Å². The second-order valence-corrected chi connectivity index (χ2v) is 14.8. The minimum Gasteiger partial charge on any atom is -0.455 e. The number of hydrogen-bond donors (Lipinski definition) is 0. The van der Waals surface area contributed by atoms with Crippen LogP contribution >= 0.6 is 0 Å². The number of fused-ring (bicyclic) bond motifs is 14. The van der Waals surface area contributed by atoms with Crippen molar-refractivity contribution in [3.8, 4) is 34.2 Å². The molecule has 264 valence electrons. The molecule has 0 aliphatic heterocycles. The Balaban J connectivity index is 1.30. The Morgan fingerprint density at radius 3 is 1.56 bits per heavy atom. The fourth-order valence-corrected chi connectivity index (χ4v) is 9.26. The van der Waals surface area contributed by atoms with E-state index < -0.39 is 0 Å². The summed E-state index contributed by atoms with van der Waals surface area (Å²) in [6, 6.07) is 61.9. The summed E-state index contributed by atoms with van der Waals surface area (Å²) in [7, 11) is 0. The van der Waals surface area contributed by atoms with E-state index in [0.717, 1.165) is 93.3 Å². The van der Waals surface area contributed by atoms with Gasteiger partial charge in [-0.2, -0.15) is 0 Å². The van der Waals surface area contributed by atoms with Gasteiger partial charge in [-0.1, -0.05) is 127 Å². The lowest BCUT2D eigenvalue weighted by atomic mass is 10.0. The Morgan fingerprint density at radius 2 is 0.860 bits per heavy atom. The summed E-state index contributed by atoms with van der Waals surface area (Å²) in [6.07, 6.45) is 0. The van der Waals surface area contributed by atoms with Crippen LogP contribution < -0.4 is 0 Å². The van der Waals surface area contributed by atoms with Gasteiger partial charge >= 0.3 is 0 Å². The van der Waals surface area contributed by atoms with Crippen molar-refractivity contribution in [1.29, 1.82) is 0 Å². The first-order valence-corrected chi connectivity index (χ1v) is 19.2. The van der Waals surface area contributed by atoms with Crippen molar-refractivity contribution in [2.75, 3.05) is 0 Å². The first kappa shape index (κ1) is 30.5. The molecule has 6 nitrogen and oxygen atoms in total. The number of aromatic nitrogens is 5. The average Bonchev–Trinajstić information content (AvgIpc) is 3.94. The van der Waals surface area contributed by atoms with Gasteiger partial charge in [0.05, 0.1) is 38.5 Å². The zero-order valence-electron chi connectivity index (χ0n) is 30.4. The predicted octanol–water partition coefficient (Wildman–Crippen LogP) is 13.0. The fraction of sp³-hybridized carbons (Fsp3) is 0. The quantitative estimate of drug-likeness (QED) is 0.182. The number of nitrogens with zero attached hydrogens (tertiary/aromatic N) is 5. The predicted molar refractivity (Wildman–Crippen MR) is 233 cm³/mol. The van der Waals surface area contributed by atoms with E-state index >= 15 is 0 Å². The average molecular weight is 728 g/mol. The molecule has 0 unspecified atom stereocenters.